The first-order chi connectivity index (χ1) is 9.26. The molecular weight excluding hydrogens is 236 g/mol. The van der Waals surface area contributed by atoms with Crippen LogP contribution in [0.2, 0.25) is 0 Å². The van der Waals surface area contributed by atoms with E-state index in [1.165, 1.54) is 18.4 Å². The van der Waals surface area contributed by atoms with Gasteiger partial charge < -0.3 is 15.0 Å². The SMILES string of the molecule is CCCNC(CN(C)C1CC1)c1ccccc1OC. The summed E-state index contributed by atoms with van der Waals surface area (Å²) in [7, 11) is 3.98. The smallest absolute Gasteiger partial charge is 0.123 e. The van der Waals surface area contributed by atoms with Crippen LogP contribution in [-0.4, -0.2) is 38.2 Å². The standard InChI is InChI=1S/C16H26N2O/c1-4-11-17-15(12-18(2)13-9-10-13)14-7-5-6-8-16(14)19-3/h5-8,13,15,17H,4,9-12H2,1-3H3. The zero-order valence-corrected chi connectivity index (χ0v) is 12.4. The second-order valence-corrected chi connectivity index (χ2v) is 5.42. The van der Waals surface area contributed by atoms with E-state index in [0.29, 0.717) is 6.04 Å². The summed E-state index contributed by atoms with van der Waals surface area (Å²) in [5, 5.41) is 3.65. The van der Waals surface area contributed by atoms with Crippen molar-refractivity contribution in [1.82, 2.24) is 10.2 Å². The van der Waals surface area contributed by atoms with Gasteiger partial charge in [-0.3, -0.25) is 0 Å². The van der Waals surface area contributed by atoms with Crippen molar-refractivity contribution in [1.29, 1.82) is 0 Å². The Morgan fingerprint density at radius 1 is 1.37 bits per heavy atom. The number of likely N-dealkylation sites (N-methyl/N-ethyl adjacent to an activating group) is 1. The van der Waals surface area contributed by atoms with Gasteiger partial charge in [0.05, 0.1) is 7.11 Å². The first kappa shape index (κ1) is 14.4. The molecule has 1 unspecified atom stereocenters. The summed E-state index contributed by atoms with van der Waals surface area (Å²) < 4.78 is 5.51. The first-order valence-corrected chi connectivity index (χ1v) is 7.32. The lowest BCUT2D eigenvalue weighted by Gasteiger charge is -2.26. The van der Waals surface area contributed by atoms with Gasteiger partial charge in [-0.15, -0.1) is 0 Å². The van der Waals surface area contributed by atoms with E-state index in [9.17, 15) is 0 Å². The monoisotopic (exact) mass is 262 g/mol. The molecule has 19 heavy (non-hydrogen) atoms. The Bertz CT molecular complexity index is 390. The van der Waals surface area contributed by atoms with Gasteiger partial charge in [-0.05, 0) is 38.9 Å². The van der Waals surface area contributed by atoms with Gasteiger partial charge in [0.15, 0.2) is 0 Å². The molecule has 3 heteroatoms. The lowest BCUT2D eigenvalue weighted by atomic mass is 10.0. The number of benzene rings is 1. The van der Waals surface area contributed by atoms with Crippen LogP contribution >= 0.6 is 0 Å². The normalized spacial score (nSPS) is 16.6. The molecule has 0 spiro atoms. The Kier molecular flexibility index (Phi) is 5.23. The number of methoxy groups -OCH3 is 1. The van der Waals surface area contributed by atoms with Crippen LogP contribution in [0, 0.1) is 0 Å². The minimum absolute atomic E-state index is 0.349. The van der Waals surface area contributed by atoms with E-state index < -0.39 is 0 Å². The van der Waals surface area contributed by atoms with Crippen LogP contribution in [0.25, 0.3) is 0 Å². The predicted molar refractivity (Wildman–Crippen MR) is 79.7 cm³/mol. The highest BCUT2D eigenvalue weighted by Gasteiger charge is 2.28. The Balaban J connectivity index is 2.10. The zero-order valence-electron chi connectivity index (χ0n) is 12.4. The first-order valence-electron chi connectivity index (χ1n) is 7.32. The quantitative estimate of drug-likeness (QED) is 0.779. The average molecular weight is 262 g/mol. The highest BCUT2D eigenvalue weighted by Crippen LogP contribution is 2.30. The number of rotatable bonds is 8. The third-order valence-corrected chi connectivity index (χ3v) is 3.80. The van der Waals surface area contributed by atoms with Crippen LogP contribution in [-0.2, 0) is 0 Å². The van der Waals surface area contributed by atoms with Crippen LogP contribution in [0.1, 0.15) is 37.8 Å². The molecule has 2 rings (SSSR count). The summed E-state index contributed by atoms with van der Waals surface area (Å²) in [6, 6.07) is 9.49. The van der Waals surface area contributed by atoms with E-state index in [0.717, 1.165) is 31.3 Å². The Morgan fingerprint density at radius 2 is 2.11 bits per heavy atom. The molecule has 0 aliphatic heterocycles. The van der Waals surface area contributed by atoms with Gasteiger partial charge in [0.25, 0.3) is 0 Å². The molecule has 0 heterocycles. The molecule has 0 bridgehead atoms. The van der Waals surface area contributed by atoms with Gasteiger partial charge >= 0.3 is 0 Å². The van der Waals surface area contributed by atoms with Gasteiger partial charge in [0.1, 0.15) is 5.75 Å². The number of hydrogen-bond acceptors (Lipinski definition) is 3. The molecule has 1 N–H and O–H groups in total. The van der Waals surface area contributed by atoms with Crippen molar-refractivity contribution in [3.05, 3.63) is 29.8 Å². The maximum atomic E-state index is 5.51. The van der Waals surface area contributed by atoms with Crippen molar-refractivity contribution < 1.29 is 4.74 Å². The highest BCUT2D eigenvalue weighted by molar-refractivity contribution is 5.36. The summed E-state index contributed by atoms with van der Waals surface area (Å²) in [6.07, 6.45) is 3.85. The Morgan fingerprint density at radius 3 is 2.74 bits per heavy atom. The number of hydrogen-bond donors (Lipinski definition) is 1. The van der Waals surface area contributed by atoms with E-state index in [1.807, 2.05) is 12.1 Å². The fourth-order valence-corrected chi connectivity index (χ4v) is 2.50. The highest BCUT2D eigenvalue weighted by atomic mass is 16.5. The summed E-state index contributed by atoms with van der Waals surface area (Å²) in [5.41, 5.74) is 1.27. The van der Waals surface area contributed by atoms with Crippen molar-refractivity contribution in [3.63, 3.8) is 0 Å². The van der Waals surface area contributed by atoms with Crippen molar-refractivity contribution in [3.8, 4) is 5.75 Å². The van der Waals surface area contributed by atoms with Crippen molar-refractivity contribution in [2.75, 3.05) is 27.2 Å². The van der Waals surface area contributed by atoms with E-state index >= 15 is 0 Å². The lowest BCUT2D eigenvalue weighted by Crippen LogP contribution is -2.34. The molecule has 1 fully saturated rings. The van der Waals surface area contributed by atoms with Gasteiger partial charge in [-0.1, -0.05) is 25.1 Å². The van der Waals surface area contributed by atoms with Crippen LogP contribution < -0.4 is 10.1 Å². The van der Waals surface area contributed by atoms with Gasteiger partial charge in [-0.25, -0.2) is 0 Å². The third kappa shape index (κ3) is 3.95. The van der Waals surface area contributed by atoms with Crippen LogP contribution in [0.3, 0.4) is 0 Å². The second kappa shape index (κ2) is 6.92. The second-order valence-electron chi connectivity index (χ2n) is 5.42. The zero-order chi connectivity index (χ0) is 13.7. The lowest BCUT2D eigenvalue weighted by molar-refractivity contribution is 0.277. The van der Waals surface area contributed by atoms with Gasteiger partial charge in [-0.2, -0.15) is 0 Å². The molecule has 0 radical (unpaired) electrons. The maximum Gasteiger partial charge on any atom is 0.123 e. The molecule has 1 aliphatic rings. The minimum Gasteiger partial charge on any atom is -0.496 e. The number of nitrogens with one attached hydrogen (secondary N) is 1. The van der Waals surface area contributed by atoms with Crippen molar-refractivity contribution >= 4 is 0 Å². The summed E-state index contributed by atoms with van der Waals surface area (Å²) in [6.45, 7) is 4.29. The van der Waals surface area contributed by atoms with E-state index in [-0.39, 0.29) is 0 Å². The maximum absolute atomic E-state index is 5.51. The number of nitrogens with zero attached hydrogens (tertiary/aromatic N) is 1. The third-order valence-electron chi connectivity index (χ3n) is 3.80. The van der Waals surface area contributed by atoms with Crippen LogP contribution in [0.4, 0.5) is 0 Å². The van der Waals surface area contributed by atoms with Gasteiger partial charge in [0.2, 0.25) is 0 Å². The number of para-hydroxylation sites is 1. The summed E-state index contributed by atoms with van der Waals surface area (Å²) in [4.78, 5) is 2.47. The molecule has 1 aromatic carbocycles. The molecule has 1 aromatic rings. The average Bonchev–Trinajstić information content (AvgIpc) is 3.27. The van der Waals surface area contributed by atoms with Crippen molar-refractivity contribution in [2.45, 2.75) is 38.3 Å². The van der Waals surface area contributed by atoms with Crippen molar-refractivity contribution in [2.24, 2.45) is 0 Å². The van der Waals surface area contributed by atoms with Crippen LogP contribution in [0.15, 0.2) is 24.3 Å². The molecule has 1 saturated carbocycles. The molecule has 0 saturated heterocycles. The molecule has 106 valence electrons. The Labute approximate surface area is 116 Å². The molecule has 1 atom stereocenters. The molecule has 0 amide bonds. The van der Waals surface area contributed by atoms with E-state index in [1.54, 1.807) is 7.11 Å². The fraction of sp³-hybridized carbons (Fsp3) is 0.625. The van der Waals surface area contributed by atoms with Gasteiger partial charge in [0, 0.05) is 24.2 Å². The number of ether oxygens (including phenoxy) is 1. The van der Waals surface area contributed by atoms with E-state index in [2.05, 4.69) is 36.3 Å². The fourth-order valence-electron chi connectivity index (χ4n) is 2.50. The largest absolute Gasteiger partial charge is 0.496 e. The molecular formula is C16H26N2O. The Hall–Kier alpha value is -1.06. The van der Waals surface area contributed by atoms with E-state index in [4.69, 9.17) is 4.74 Å². The topological polar surface area (TPSA) is 24.5 Å². The summed E-state index contributed by atoms with van der Waals surface area (Å²) >= 11 is 0. The molecule has 0 aromatic heterocycles. The minimum atomic E-state index is 0.349. The molecule has 3 nitrogen and oxygen atoms in total. The predicted octanol–water partition coefficient (Wildman–Crippen LogP) is 2.83. The van der Waals surface area contributed by atoms with Crippen LogP contribution in [0.5, 0.6) is 5.75 Å². The molecule has 1 aliphatic carbocycles. The summed E-state index contributed by atoms with van der Waals surface area (Å²) in [5.74, 6) is 0.986.